The van der Waals surface area contributed by atoms with Crippen LogP contribution < -0.4 is 11.4 Å². The number of aromatic nitrogens is 3. The van der Waals surface area contributed by atoms with E-state index in [-0.39, 0.29) is 23.5 Å². The molecule has 0 spiro atoms. The second-order valence-electron chi connectivity index (χ2n) is 11.2. The quantitative estimate of drug-likeness (QED) is 0.293. The van der Waals surface area contributed by atoms with E-state index in [1.165, 1.54) is 0 Å². The minimum absolute atomic E-state index is 0.0112. The first-order valence-electron chi connectivity index (χ1n) is 14.6. The lowest BCUT2D eigenvalue weighted by molar-refractivity contribution is -0.148. The molecule has 0 bridgehead atoms. The number of para-hydroxylation sites is 3. The van der Waals surface area contributed by atoms with Gasteiger partial charge in [-0.1, -0.05) is 43.2 Å². The zero-order valence-electron chi connectivity index (χ0n) is 22.9. The second kappa shape index (κ2) is 11.3. The Labute approximate surface area is 233 Å². The fourth-order valence-corrected chi connectivity index (χ4v) is 6.60. The molecule has 2 aromatic carbocycles. The molecule has 9 nitrogen and oxygen atoms in total. The van der Waals surface area contributed by atoms with E-state index in [1.807, 2.05) is 51.9 Å². The highest BCUT2D eigenvalue weighted by molar-refractivity contribution is 5.91. The molecule has 2 aliphatic heterocycles. The third-order valence-corrected chi connectivity index (χ3v) is 8.72. The second-order valence-corrected chi connectivity index (χ2v) is 11.2. The van der Waals surface area contributed by atoms with E-state index in [0.717, 1.165) is 58.9 Å². The number of hydrogen-bond donors (Lipinski definition) is 3. The van der Waals surface area contributed by atoms with E-state index in [9.17, 15) is 14.4 Å². The van der Waals surface area contributed by atoms with Crippen molar-refractivity contribution in [3.05, 3.63) is 70.3 Å². The van der Waals surface area contributed by atoms with Gasteiger partial charge in [-0.05, 0) is 56.0 Å². The predicted octanol–water partition coefficient (Wildman–Crippen LogP) is 3.84. The number of aromatic amines is 2. The number of likely N-dealkylation sites (tertiary alicyclic amines) is 1. The Hall–Kier alpha value is -3.85. The van der Waals surface area contributed by atoms with Crippen molar-refractivity contribution in [2.75, 3.05) is 19.6 Å². The number of piperidine rings is 1. The molecule has 2 aliphatic rings. The number of benzene rings is 2. The topological polar surface area (TPSA) is 120 Å². The number of hydrogen-bond acceptors (Lipinski definition) is 4. The Morgan fingerprint density at radius 2 is 1.62 bits per heavy atom. The molecule has 0 radical (unpaired) electrons. The Morgan fingerprint density at radius 1 is 0.900 bits per heavy atom. The van der Waals surface area contributed by atoms with Crippen LogP contribution in [0.1, 0.15) is 62.2 Å². The summed E-state index contributed by atoms with van der Waals surface area (Å²) in [5, 5.41) is 1.13. The maximum absolute atomic E-state index is 14.1. The monoisotopic (exact) mass is 542 g/mol. The Kier molecular flexibility index (Phi) is 7.47. The van der Waals surface area contributed by atoms with E-state index in [2.05, 4.69) is 16.0 Å². The van der Waals surface area contributed by atoms with Crippen LogP contribution in [-0.2, 0) is 22.6 Å². The number of imidazole rings is 1. The smallest absolute Gasteiger partial charge is 0.326 e. The SMILES string of the molecule is NCCCCCCC(=O)N1Cc2[nH]c3ccccc3c2CC1C(=O)N1CCC(n2c(=O)[nH]c3ccccc32)CC1. The molecule has 1 fully saturated rings. The summed E-state index contributed by atoms with van der Waals surface area (Å²) in [6, 6.07) is 15.4. The van der Waals surface area contributed by atoms with Gasteiger partial charge in [0.1, 0.15) is 6.04 Å². The molecule has 210 valence electrons. The number of carbonyl (C=O) groups excluding carboxylic acids is 2. The van der Waals surface area contributed by atoms with E-state index in [4.69, 9.17) is 5.73 Å². The number of fused-ring (bicyclic) bond motifs is 4. The third kappa shape index (κ3) is 4.94. The maximum atomic E-state index is 14.1. The summed E-state index contributed by atoms with van der Waals surface area (Å²) in [5.74, 6) is 0.0489. The number of amides is 2. The van der Waals surface area contributed by atoms with Crippen LogP contribution in [0, 0.1) is 0 Å². The van der Waals surface area contributed by atoms with Gasteiger partial charge in [0.2, 0.25) is 11.8 Å². The lowest BCUT2D eigenvalue weighted by Gasteiger charge is -2.40. The lowest BCUT2D eigenvalue weighted by atomic mass is 9.94. The van der Waals surface area contributed by atoms with Crippen molar-refractivity contribution >= 4 is 33.8 Å². The van der Waals surface area contributed by atoms with Crippen molar-refractivity contribution in [3.63, 3.8) is 0 Å². The molecule has 1 unspecified atom stereocenters. The molecule has 0 aliphatic carbocycles. The van der Waals surface area contributed by atoms with Gasteiger partial charge < -0.3 is 25.5 Å². The van der Waals surface area contributed by atoms with Gasteiger partial charge in [-0.3, -0.25) is 14.2 Å². The number of H-pyrrole nitrogens is 2. The highest BCUT2D eigenvalue weighted by atomic mass is 16.2. The largest absolute Gasteiger partial charge is 0.357 e. The van der Waals surface area contributed by atoms with Gasteiger partial charge in [-0.15, -0.1) is 0 Å². The molecule has 2 amide bonds. The normalized spacial score (nSPS) is 18.0. The Balaban J connectivity index is 1.20. The van der Waals surface area contributed by atoms with Crippen molar-refractivity contribution in [2.24, 2.45) is 5.73 Å². The fraction of sp³-hybridized carbons (Fsp3) is 0.452. The average molecular weight is 543 g/mol. The first-order chi connectivity index (χ1) is 19.5. The van der Waals surface area contributed by atoms with Gasteiger partial charge in [-0.2, -0.15) is 0 Å². The van der Waals surface area contributed by atoms with E-state index < -0.39 is 6.04 Å². The molecule has 1 saturated heterocycles. The van der Waals surface area contributed by atoms with Crippen molar-refractivity contribution in [1.82, 2.24) is 24.3 Å². The van der Waals surface area contributed by atoms with Crippen LogP contribution in [0.25, 0.3) is 21.9 Å². The van der Waals surface area contributed by atoms with Crippen LogP contribution in [0.5, 0.6) is 0 Å². The van der Waals surface area contributed by atoms with Crippen LogP contribution in [0.4, 0.5) is 0 Å². The first-order valence-corrected chi connectivity index (χ1v) is 14.6. The fourth-order valence-electron chi connectivity index (χ4n) is 6.60. The van der Waals surface area contributed by atoms with Crippen molar-refractivity contribution < 1.29 is 9.59 Å². The number of nitrogens with zero attached hydrogens (tertiary/aromatic N) is 3. The van der Waals surface area contributed by atoms with Crippen molar-refractivity contribution in [3.8, 4) is 0 Å². The zero-order valence-corrected chi connectivity index (χ0v) is 22.9. The van der Waals surface area contributed by atoms with Gasteiger partial charge in [0.15, 0.2) is 0 Å². The van der Waals surface area contributed by atoms with Crippen molar-refractivity contribution in [2.45, 2.75) is 70.0 Å². The van der Waals surface area contributed by atoms with E-state index in [0.29, 0.717) is 51.9 Å². The highest BCUT2D eigenvalue weighted by Gasteiger charge is 2.39. The summed E-state index contributed by atoms with van der Waals surface area (Å²) in [5.41, 5.74) is 10.5. The molecule has 1 atom stereocenters. The molecule has 4 N–H and O–H groups in total. The van der Waals surface area contributed by atoms with Crippen LogP contribution in [0.2, 0.25) is 0 Å². The van der Waals surface area contributed by atoms with Crippen LogP contribution >= 0.6 is 0 Å². The van der Waals surface area contributed by atoms with Crippen molar-refractivity contribution in [1.29, 1.82) is 0 Å². The number of rotatable bonds is 8. The number of unbranched alkanes of at least 4 members (excludes halogenated alkanes) is 3. The zero-order chi connectivity index (χ0) is 27.6. The summed E-state index contributed by atoms with van der Waals surface area (Å²) in [7, 11) is 0. The number of carbonyl (C=O) groups is 2. The summed E-state index contributed by atoms with van der Waals surface area (Å²) >= 11 is 0. The molecule has 9 heteroatoms. The van der Waals surface area contributed by atoms with E-state index in [1.54, 1.807) is 4.90 Å². The van der Waals surface area contributed by atoms with Gasteiger partial charge in [0.25, 0.3) is 0 Å². The molecule has 4 heterocycles. The molecule has 2 aromatic heterocycles. The maximum Gasteiger partial charge on any atom is 0.326 e. The predicted molar refractivity (Wildman–Crippen MR) is 156 cm³/mol. The minimum atomic E-state index is -0.518. The third-order valence-electron chi connectivity index (χ3n) is 8.72. The molecule has 4 aromatic rings. The molecular weight excluding hydrogens is 504 g/mol. The van der Waals surface area contributed by atoms with Gasteiger partial charge in [-0.25, -0.2) is 4.79 Å². The van der Waals surface area contributed by atoms with Crippen LogP contribution in [0.3, 0.4) is 0 Å². The molecular formula is C31H38N6O3. The number of nitrogens with one attached hydrogen (secondary N) is 2. The van der Waals surface area contributed by atoms with Crippen LogP contribution in [0.15, 0.2) is 53.3 Å². The molecule has 0 saturated carbocycles. The molecule has 6 rings (SSSR count). The Bertz CT molecular complexity index is 1570. The van der Waals surface area contributed by atoms with Gasteiger partial charge in [0.05, 0.1) is 17.6 Å². The van der Waals surface area contributed by atoms with Gasteiger partial charge >= 0.3 is 5.69 Å². The minimum Gasteiger partial charge on any atom is -0.357 e. The van der Waals surface area contributed by atoms with Crippen LogP contribution in [-0.4, -0.2) is 61.8 Å². The highest BCUT2D eigenvalue weighted by Crippen LogP contribution is 2.33. The standard InChI is InChI=1S/C31H38N6O3/c32-16-8-2-1-3-13-29(38)36-20-26-23(22-9-4-5-10-24(22)33-26)19-28(36)30(39)35-17-14-21(15-18-35)37-27-12-7-6-11-25(27)34-31(37)40/h4-7,9-12,21,28,33H,1-3,8,13-20,32H2,(H,34,40). The first kappa shape index (κ1) is 26.4. The lowest BCUT2D eigenvalue weighted by Crippen LogP contribution is -2.55. The summed E-state index contributed by atoms with van der Waals surface area (Å²) < 4.78 is 1.84. The van der Waals surface area contributed by atoms with Gasteiger partial charge in [0, 0.05) is 48.6 Å². The van der Waals surface area contributed by atoms with E-state index >= 15 is 0 Å². The average Bonchev–Trinajstić information content (AvgIpc) is 3.52. The summed E-state index contributed by atoms with van der Waals surface area (Å²) in [4.78, 5) is 50.4. The number of nitrogens with two attached hydrogens (primary N) is 1. The molecule has 40 heavy (non-hydrogen) atoms. The Morgan fingerprint density at radius 3 is 2.42 bits per heavy atom. The summed E-state index contributed by atoms with van der Waals surface area (Å²) in [6.45, 7) is 2.22. The summed E-state index contributed by atoms with van der Waals surface area (Å²) in [6.07, 6.45) is 6.12.